The topological polar surface area (TPSA) is 239 Å². The monoisotopic (exact) mass is 490 g/mol. The van der Waals surface area contributed by atoms with E-state index in [1.807, 2.05) is 0 Å². The summed E-state index contributed by atoms with van der Waals surface area (Å²) in [4.78, 5) is 75.8. The smallest absolute Gasteiger partial charge is 0.412 e. The molecular formula is C18H18O16. The van der Waals surface area contributed by atoms with Gasteiger partial charge in [-0.15, -0.1) is 0 Å². The molecule has 0 radical (unpaired) electrons. The number of aliphatic hydroxyl groups is 4. The fourth-order valence-electron chi connectivity index (χ4n) is 4.06. The summed E-state index contributed by atoms with van der Waals surface area (Å²) in [6, 6.07) is 0. The Hall–Kier alpha value is -3.34. The molecule has 16 nitrogen and oxygen atoms in total. The largest absolute Gasteiger partial charge is 0.465 e. The van der Waals surface area contributed by atoms with Crippen LogP contribution in [0.25, 0.3) is 0 Å². The molecule has 4 bridgehead atoms. The maximum Gasteiger partial charge on any atom is 0.465 e. The Labute approximate surface area is 188 Å². The van der Waals surface area contributed by atoms with Crippen molar-refractivity contribution in [2.45, 2.75) is 73.9 Å². The molecule has 0 aromatic carbocycles. The molecule has 0 saturated carbocycles. The minimum atomic E-state index is -4.08. The third-order valence-electron chi connectivity index (χ3n) is 5.72. The number of carbonyl (C=O) groups excluding carboxylic acids is 6. The first kappa shape index (κ1) is 23.8. The van der Waals surface area contributed by atoms with E-state index in [-0.39, 0.29) is 0 Å². The molecule has 186 valence electrons. The zero-order valence-corrected chi connectivity index (χ0v) is 17.3. The van der Waals surface area contributed by atoms with E-state index in [4.69, 9.17) is 18.9 Å². The quantitative estimate of drug-likeness (QED) is 0.214. The summed E-state index contributed by atoms with van der Waals surface area (Å²) >= 11 is 0. The Morgan fingerprint density at radius 3 is 1.56 bits per heavy atom. The van der Waals surface area contributed by atoms with Crippen LogP contribution in [0.5, 0.6) is 0 Å². The van der Waals surface area contributed by atoms with Crippen molar-refractivity contribution in [3.05, 3.63) is 0 Å². The molecule has 1 spiro atoms. The molecule has 4 N–H and O–H groups in total. The molecular weight excluding hydrogens is 472 g/mol. The van der Waals surface area contributed by atoms with Crippen molar-refractivity contribution in [2.24, 2.45) is 0 Å². The highest BCUT2D eigenvalue weighted by atomic mass is 16.9. The molecule has 0 aliphatic carbocycles. The van der Waals surface area contributed by atoms with Crippen LogP contribution in [-0.4, -0.2) is 91.1 Å². The third-order valence-corrected chi connectivity index (χ3v) is 5.72. The number of hydrogen-bond donors (Lipinski definition) is 4. The predicted molar refractivity (Wildman–Crippen MR) is 91.6 cm³/mol. The summed E-state index contributed by atoms with van der Waals surface area (Å²) in [5.41, 5.74) is -5.75. The first-order valence-corrected chi connectivity index (χ1v) is 9.84. The molecule has 4 aliphatic heterocycles. The van der Waals surface area contributed by atoms with E-state index in [1.165, 1.54) is 6.92 Å². The number of carbonyl (C=O) groups is 6. The lowest BCUT2D eigenvalue weighted by Gasteiger charge is -2.51. The van der Waals surface area contributed by atoms with E-state index in [0.717, 1.165) is 0 Å². The van der Waals surface area contributed by atoms with Gasteiger partial charge in [-0.25, -0.2) is 9.59 Å². The highest BCUT2D eigenvalue weighted by molar-refractivity contribution is 5.94. The van der Waals surface area contributed by atoms with Gasteiger partial charge >= 0.3 is 53.4 Å². The van der Waals surface area contributed by atoms with E-state index in [0.29, 0.717) is 0 Å². The van der Waals surface area contributed by atoms with Crippen molar-refractivity contribution in [3.63, 3.8) is 0 Å². The number of ether oxygens (including phenoxy) is 6. The van der Waals surface area contributed by atoms with Crippen molar-refractivity contribution >= 4 is 35.8 Å². The molecule has 0 aromatic heterocycles. The van der Waals surface area contributed by atoms with Gasteiger partial charge < -0.3 is 48.8 Å². The van der Waals surface area contributed by atoms with Crippen molar-refractivity contribution in [3.8, 4) is 0 Å². The summed E-state index contributed by atoms with van der Waals surface area (Å²) < 4.78 is 29.4. The van der Waals surface area contributed by atoms with Gasteiger partial charge in [0.25, 0.3) is 0 Å². The highest BCUT2D eigenvalue weighted by Gasteiger charge is 2.86. The van der Waals surface area contributed by atoms with Crippen LogP contribution in [0.1, 0.15) is 39.0 Å². The lowest BCUT2D eigenvalue weighted by atomic mass is 9.90. The second-order valence-corrected chi connectivity index (χ2v) is 8.24. The maximum absolute atomic E-state index is 12.8. The molecule has 6 atom stereocenters. The Morgan fingerprint density at radius 2 is 1.09 bits per heavy atom. The van der Waals surface area contributed by atoms with E-state index in [2.05, 4.69) is 9.47 Å². The van der Waals surface area contributed by atoms with Gasteiger partial charge in [0, 0.05) is 0 Å². The van der Waals surface area contributed by atoms with E-state index in [9.17, 15) is 49.2 Å². The molecule has 6 unspecified atom stereocenters. The summed E-state index contributed by atoms with van der Waals surface area (Å²) in [6.45, 7) is 1.21. The Balaban J connectivity index is 2.08. The Morgan fingerprint density at radius 1 is 0.676 bits per heavy atom. The van der Waals surface area contributed by atoms with Crippen LogP contribution in [0.2, 0.25) is 0 Å². The minimum Gasteiger partial charge on any atom is -0.412 e. The van der Waals surface area contributed by atoms with Gasteiger partial charge in [0.15, 0.2) is 11.2 Å². The molecule has 0 amide bonds. The average molecular weight is 490 g/mol. The van der Waals surface area contributed by atoms with Gasteiger partial charge in [-0.3, -0.25) is 19.2 Å². The van der Waals surface area contributed by atoms with Crippen LogP contribution in [-0.2, 0) is 57.2 Å². The molecule has 16 heteroatoms. The molecule has 34 heavy (non-hydrogen) atoms. The Bertz CT molecular complexity index is 1000. The van der Waals surface area contributed by atoms with Crippen LogP contribution in [0.4, 0.5) is 0 Å². The van der Waals surface area contributed by atoms with Gasteiger partial charge in [0.05, 0.1) is 25.7 Å². The lowest BCUT2D eigenvalue weighted by molar-refractivity contribution is -0.509. The Kier molecular flexibility index (Phi) is 4.96. The molecule has 0 aromatic rings. The van der Waals surface area contributed by atoms with Crippen LogP contribution in [0.15, 0.2) is 0 Å². The SMILES string of the molecule is CCC(O)C12OC(=O)CC(O)(CC(=O)OC13OC(=O)CC1(O)CC(=O)OC3(O)OC1=O)C(=O)O2. The average Bonchev–Trinajstić information content (AvgIpc) is 2.80. The van der Waals surface area contributed by atoms with Crippen molar-refractivity contribution in [1.82, 2.24) is 0 Å². The van der Waals surface area contributed by atoms with Gasteiger partial charge in [-0.1, -0.05) is 6.92 Å². The number of esters is 6. The molecule has 4 saturated heterocycles. The van der Waals surface area contributed by atoms with Crippen molar-refractivity contribution < 1.29 is 77.6 Å². The lowest BCUT2D eigenvalue weighted by Crippen LogP contribution is -2.80. The van der Waals surface area contributed by atoms with E-state index < -0.39 is 103 Å². The normalized spacial score (nSPS) is 43.0. The van der Waals surface area contributed by atoms with Gasteiger partial charge in [-0.2, -0.15) is 0 Å². The first-order chi connectivity index (χ1) is 15.6. The van der Waals surface area contributed by atoms with Gasteiger partial charge in [-0.05, 0) is 6.42 Å². The number of rotatable bonds is 2. The van der Waals surface area contributed by atoms with Crippen LogP contribution >= 0.6 is 0 Å². The fourth-order valence-corrected chi connectivity index (χ4v) is 4.06. The highest BCUT2D eigenvalue weighted by Crippen LogP contribution is 2.52. The van der Waals surface area contributed by atoms with Gasteiger partial charge in [0.1, 0.15) is 6.10 Å². The third kappa shape index (κ3) is 3.06. The minimum absolute atomic E-state index is 0.544. The molecule has 4 heterocycles. The summed E-state index contributed by atoms with van der Waals surface area (Å²) in [5.74, 6) is -21.6. The van der Waals surface area contributed by atoms with Gasteiger partial charge in [0.2, 0.25) is 0 Å². The zero-order valence-electron chi connectivity index (χ0n) is 17.3. The fraction of sp³-hybridized carbons (Fsp3) is 0.667. The zero-order chi connectivity index (χ0) is 25.3. The van der Waals surface area contributed by atoms with Crippen LogP contribution < -0.4 is 0 Å². The molecule has 4 fully saturated rings. The first-order valence-electron chi connectivity index (χ1n) is 9.84. The number of aliphatic hydroxyl groups excluding tert-OH is 1. The second kappa shape index (κ2) is 7.08. The standard InChI is InChI=1S/C18H18O16/c1-2-7(19)16-17(30-9(21)4-14(26,12(24)33-16)3-8(20)29-16)18(28)32-11(23)6-15(27,13(25)34-18)5-10(22)31-17/h7,19,26-28H,2-6H2,1H3. The summed E-state index contributed by atoms with van der Waals surface area (Å²) in [5, 5.41) is 43.0. The molecule has 4 rings (SSSR count). The van der Waals surface area contributed by atoms with Crippen LogP contribution in [0, 0.1) is 0 Å². The van der Waals surface area contributed by atoms with Crippen molar-refractivity contribution in [1.29, 1.82) is 0 Å². The van der Waals surface area contributed by atoms with Crippen LogP contribution in [0.3, 0.4) is 0 Å². The molecule has 4 aliphatic rings. The van der Waals surface area contributed by atoms with Crippen molar-refractivity contribution in [2.75, 3.05) is 0 Å². The maximum atomic E-state index is 12.8. The summed E-state index contributed by atoms with van der Waals surface area (Å²) in [7, 11) is 0. The predicted octanol–water partition coefficient (Wildman–Crippen LogP) is -3.87. The van der Waals surface area contributed by atoms with E-state index >= 15 is 0 Å². The second-order valence-electron chi connectivity index (χ2n) is 8.24. The summed E-state index contributed by atoms with van der Waals surface area (Å²) in [6.07, 6.45) is -7.99. The van der Waals surface area contributed by atoms with E-state index in [1.54, 1.807) is 0 Å². The number of hydrogen-bond acceptors (Lipinski definition) is 16. The number of fused-ring (bicyclic) bond motifs is 8.